The molecule has 0 fully saturated rings. The quantitative estimate of drug-likeness (QED) is 0.796. The third-order valence-electron chi connectivity index (χ3n) is 4.27. The Hall–Kier alpha value is -3.01. The third-order valence-corrected chi connectivity index (χ3v) is 4.27. The van der Waals surface area contributed by atoms with Gasteiger partial charge in [0, 0.05) is 0 Å². The first kappa shape index (κ1) is 15.5. The van der Waals surface area contributed by atoms with E-state index in [2.05, 4.69) is 23.5 Å². The Balaban J connectivity index is 1.33. The number of hydrogen-bond donors (Lipinski definition) is 1. The molecular weight excluding hydrogens is 314 g/mol. The van der Waals surface area contributed by atoms with Crippen LogP contribution in [-0.2, 0) is 11.2 Å². The van der Waals surface area contributed by atoms with Gasteiger partial charge in [0.25, 0.3) is 0 Å². The first-order valence-corrected chi connectivity index (χ1v) is 8.41. The summed E-state index contributed by atoms with van der Waals surface area (Å²) in [6.07, 6.45) is 0.185. The van der Waals surface area contributed by atoms with Gasteiger partial charge in [0.15, 0.2) is 11.5 Å². The zero-order valence-corrected chi connectivity index (χ0v) is 13.8. The second kappa shape index (κ2) is 6.85. The summed E-state index contributed by atoms with van der Waals surface area (Å²) in [4.78, 5) is 12.2. The van der Waals surface area contributed by atoms with Crippen LogP contribution in [0.2, 0.25) is 0 Å². The lowest BCUT2D eigenvalue weighted by atomic mass is 10.0. The number of hydrogen-bond acceptors (Lipinski definition) is 3. The van der Waals surface area contributed by atoms with Crippen LogP contribution in [0.15, 0.2) is 66.7 Å². The molecule has 3 aromatic rings. The summed E-state index contributed by atoms with van der Waals surface area (Å²) in [7, 11) is 0. The normalized spacial score (nSPS) is 15.8. The number of fused-ring (bicyclic) bond motifs is 2. The molecule has 1 amide bonds. The van der Waals surface area contributed by atoms with E-state index < -0.39 is 0 Å². The van der Waals surface area contributed by atoms with Crippen LogP contribution in [0.3, 0.4) is 0 Å². The van der Waals surface area contributed by atoms with Crippen LogP contribution in [0, 0.1) is 0 Å². The van der Waals surface area contributed by atoms with Crippen molar-refractivity contribution in [2.45, 2.75) is 12.5 Å². The summed E-state index contributed by atoms with van der Waals surface area (Å²) in [5.41, 5.74) is 1.00. The summed E-state index contributed by atoms with van der Waals surface area (Å²) in [6, 6.07) is 21.8. The fourth-order valence-corrected chi connectivity index (χ4v) is 2.99. The van der Waals surface area contributed by atoms with Gasteiger partial charge in [-0.05, 0) is 28.5 Å². The maximum atomic E-state index is 12.2. The molecule has 3 aromatic carbocycles. The van der Waals surface area contributed by atoms with Crippen molar-refractivity contribution in [2.75, 3.05) is 13.2 Å². The van der Waals surface area contributed by atoms with Gasteiger partial charge in [-0.15, -0.1) is 0 Å². The van der Waals surface area contributed by atoms with Gasteiger partial charge < -0.3 is 14.8 Å². The topological polar surface area (TPSA) is 47.6 Å². The Labute approximate surface area is 146 Å². The van der Waals surface area contributed by atoms with E-state index in [4.69, 9.17) is 9.47 Å². The van der Waals surface area contributed by atoms with Crippen molar-refractivity contribution in [2.24, 2.45) is 0 Å². The highest BCUT2D eigenvalue weighted by atomic mass is 16.6. The second-order valence-corrected chi connectivity index (χ2v) is 6.16. The number of nitrogens with one attached hydrogen (secondary N) is 1. The van der Waals surface area contributed by atoms with Crippen molar-refractivity contribution >= 4 is 16.7 Å². The fourth-order valence-electron chi connectivity index (χ4n) is 2.99. The molecule has 0 bridgehead atoms. The van der Waals surface area contributed by atoms with Crippen molar-refractivity contribution < 1.29 is 14.3 Å². The lowest BCUT2D eigenvalue weighted by Crippen LogP contribution is -2.41. The van der Waals surface area contributed by atoms with Crippen molar-refractivity contribution in [1.29, 1.82) is 0 Å². The van der Waals surface area contributed by atoms with Crippen LogP contribution in [0.4, 0.5) is 0 Å². The molecule has 4 heteroatoms. The largest absolute Gasteiger partial charge is 0.486 e. The highest BCUT2D eigenvalue weighted by Gasteiger charge is 2.20. The molecular formula is C21H19NO3. The molecule has 1 heterocycles. The second-order valence-electron chi connectivity index (χ2n) is 6.16. The van der Waals surface area contributed by atoms with Gasteiger partial charge in [0.05, 0.1) is 13.0 Å². The zero-order chi connectivity index (χ0) is 17.1. The van der Waals surface area contributed by atoms with Gasteiger partial charge in [0.2, 0.25) is 5.91 Å². The minimum Gasteiger partial charge on any atom is -0.486 e. The molecule has 126 valence electrons. The predicted molar refractivity (Wildman–Crippen MR) is 97.0 cm³/mol. The van der Waals surface area contributed by atoms with Crippen LogP contribution >= 0.6 is 0 Å². The van der Waals surface area contributed by atoms with Crippen molar-refractivity contribution in [3.8, 4) is 11.5 Å². The lowest BCUT2D eigenvalue weighted by molar-refractivity contribution is -0.120. The van der Waals surface area contributed by atoms with Crippen LogP contribution in [-0.4, -0.2) is 25.2 Å². The van der Waals surface area contributed by atoms with E-state index in [1.54, 1.807) is 0 Å². The fraction of sp³-hybridized carbons (Fsp3) is 0.190. The first-order valence-electron chi connectivity index (χ1n) is 8.41. The minimum atomic E-state index is -0.171. The lowest BCUT2D eigenvalue weighted by Gasteiger charge is -2.26. The van der Waals surface area contributed by atoms with E-state index in [9.17, 15) is 4.79 Å². The Morgan fingerprint density at radius 3 is 2.60 bits per heavy atom. The Morgan fingerprint density at radius 2 is 1.72 bits per heavy atom. The van der Waals surface area contributed by atoms with Crippen molar-refractivity contribution in [1.82, 2.24) is 5.32 Å². The summed E-state index contributed by atoms with van der Waals surface area (Å²) < 4.78 is 11.5. The maximum absolute atomic E-state index is 12.2. The van der Waals surface area contributed by atoms with E-state index in [0.717, 1.165) is 22.4 Å². The van der Waals surface area contributed by atoms with Gasteiger partial charge in [-0.1, -0.05) is 54.6 Å². The van der Waals surface area contributed by atoms with Crippen molar-refractivity contribution in [3.05, 3.63) is 72.3 Å². The Morgan fingerprint density at radius 1 is 0.960 bits per heavy atom. The van der Waals surface area contributed by atoms with E-state index in [1.807, 2.05) is 48.5 Å². The molecule has 1 unspecified atom stereocenters. The van der Waals surface area contributed by atoms with Gasteiger partial charge >= 0.3 is 0 Å². The van der Waals surface area contributed by atoms with Gasteiger partial charge in [-0.2, -0.15) is 0 Å². The zero-order valence-electron chi connectivity index (χ0n) is 13.8. The summed E-state index contributed by atoms with van der Waals surface area (Å²) >= 11 is 0. The van der Waals surface area contributed by atoms with E-state index in [0.29, 0.717) is 19.6 Å². The average molecular weight is 333 g/mol. The van der Waals surface area contributed by atoms with Crippen LogP contribution in [0.1, 0.15) is 5.56 Å². The smallest absolute Gasteiger partial charge is 0.224 e. The van der Waals surface area contributed by atoms with Gasteiger partial charge in [0.1, 0.15) is 12.7 Å². The summed E-state index contributed by atoms with van der Waals surface area (Å²) in [6.45, 7) is 0.869. The first-order chi connectivity index (χ1) is 12.3. The van der Waals surface area contributed by atoms with Gasteiger partial charge in [-0.25, -0.2) is 0 Å². The Bertz CT molecular complexity index is 906. The van der Waals surface area contributed by atoms with Crippen LogP contribution < -0.4 is 14.8 Å². The summed E-state index contributed by atoms with van der Waals surface area (Å²) in [5.74, 6) is 1.46. The number of rotatable bonds is 4. The maximum Gasteiger partial charge on any atom is 0.224 e. The molecule has 25 heavy (non-hydrogen) atoms. The average Bonchev–Trinajstić information content (AvgIpc) is 2.66. The number of amides is 1. The molecule has 0 radical (unpaired) electrons. The molecule has 0 saturated carbocycles. The number of ether oxygens (including phenoxy) is 2. The standard InChI is InChI=1S/C21H19NO3/c23-21(12-15-9-10-16-5-1-2-6-17(16)11-15)22-13-18-14-24-19-7-3-4-8-20(19)25-18/h1-11,18H,12-14H2,(H,22,23). The monoisotopic (exact) mass is 333 g/mol. The molecule has 4 rings (SSSR count). The molecule has 0 aliphatic carbocycles. The van der Waals surface area contributed by atoms with E-state index in [-0.39, 0.29) is 12.0 Å². The predicted octanol–water partition coefficient (Wildman–Crippen LogP) is 3.34. The minimum absolute atomic E-state index is 0.0160. The SMILES string of the molecule is O=C(Cc1ccc2ccccc2c1)NCC1COc2ccccc2O1. The molecule has 1 N–H and O–H groups in total. The molecule has 0 saturated heterocycles. The number of benzene rings is 3. The number of carbonyl (C=O) groups is 1. The van der Waals surface area contributed by atoms with Crippen LogP contribution in [0.25, 0.3) is 10.8 Å². The molecule has 4 nitrogen and oxygen atoms in total. The molecule has 0 aromatic heterocycles. The third kappa shape index (κ3) is 3.58. The van der Waals surface area contributed by atoms with E-state index >= 15 is 0 Å². The van der Waals surface area contributed by atoms with E-state index in [1.165, 1.54) is 5.39 Å². The van der Waals surface area contributed by atoms with Crippen molar-refractivity contribution in [3.63, 3.8) is 0 Å². The molecule has 1 aliphatic rings. The Kier molecular flexibility index (Phi) is 4.25. The molecule has 1 atom stereocenters. The van der Waals surface area contributed by atoms with Gasteiger partial charge in [-0.3, -0.25) is 4.79 Å². The number of carbonyl (C=O) groups excluding carboxylic acids is 1. The summed E-state index contributed by atoms with van der Waals surface area (Å²) in [5, 5.41) is 5.26. The molecule has 0 spiro atoms. The number of para-hydroxylation sites is 2. The van der Waals surface area contributed by atoms with Crippen LogP contribution in [0.5, 0.6) is 11.5 Å². The highest BCUT2D eigenvalue weighted by molar-refractivity contribution is 5.85. The highest BCUT2D eigenvalue weighted by Crippen LogP contribution is 2.30. The molecule has 1 aliphatic heterocycles.